The van der Waals surface area contributed by atoms with Crippen molar-refractivity contribution >= 4 is 11.6 Å². The van der Waals surface area contributed by atoms with E-state index in [2.05, 4.69) is 6.92 Å². The summed E-state index contributed by atoms with van der Waals surface area (Å²) in [5, 5.41) is 0.756. The van der Waals surface area contributed by atoms with Crippen LogP contribution in [0, 0.1) is 0 Å². The third-order valence-electron chi connectivity index (χ3n) is 2.58. The Balaban J connectivity index is 2.01. The fourth-order valence-electron chi connectivity index (χ4n) is 1.60. The van der Waals surface area contributed by atoms with Crippen LogP contribution in [0.5, 0.6) is 5.75 Å². The van der Waals surface area contributed by atoms with Crippen molar-refractivity contribution in [2.45, 2.75) is 45.4 Å². The Hall–Kier alpha value is -0.690. The predicted octanol–water partition coefficient (Wildman–Crippen LogP) is 5.08. The fraction of sp³-hybridized carbons (Fsp3) is 0.571. The highest BCUT2D eigenvalue weighted by Gasteiger charge is 1.94. The molecule has 0 atom stereocenters. The minimum absolute atomic E-state index is 0.756. The van der Waals surface area contributed by atoms with Crippen molar-refractivity contribution in [2.75, 3.05) is 6.61 Å². The molecule has 0 aliphatic carbocycles. The fourth-order valence-corrected chi connectivity index (χ4v) is 1.73. The van der Waals surface area contributed by atoms with Crippen molar-refractivity contribution < 1.29 is 4.74 Å². The lowest BCUT2D eigenvalue weighted by atomic mass is 10.1. The lowest BCUT2D eigenvalue weighted by molar-refractivity contribution is 0.304. The molecule has 0 fully saturated rings. The number of rotatable bonds is 8. The lowest BCUT2D eigenvalue weighted by Crippen LogP contribution is -1.96. The van der Waals surface area contributed by atoms with Gasteiger partial charge >= 0.3 is 0 Å². The van der Waals surface area contributed by atoms with Crippen LogP contribution in [0.15, 0.2) is 24.3 Å². The van der Waals surface area contributed by atoms with Crippen molar-refractivity contribution in [1.82, 2.24) is 0 Å². The maximum Gasteiger partial charge on any atom is 0.119 e. The molecule has 0 saturated carbocycles. The van der Waals surface area contributed by atoms with Crippen molar-refractivity contribution in [1.29, 1.82) is 0 Å². The van der Waals surface area contributed by atoms with E-state index in [1.807, 2.05) is 24.3 Å². The van der Waals surface area contributed by atoms with Gasteiger partial charge in [-0.15, -0.1) is 0 Å². The average molecular weight is 241 g/mol. The smallest absolute Gasteiger partial charge is 0.119 e. The first-order chi connectivity index (χ1) is 7.83. The van der Waals surface area contributed by atoms with E-state index in [1.54, 1.807) is 0 Å². The first-order valence-electron chi connectivity index (χ1n) is 6.21. The number of hydrogen-bond donors (Lipinski definition) is 0. The van der Waals surface area contributed by atoms with Gasteiger partial charge in [-0.25, -0.2) is 0 Å². The van der Waals surface area contributed by atoms with Crippen LogP contribution in [0.1, 0.15) is 45.4 Å². The molecule has 0 bridgehead atoms. The van der Waals surface area contributed by atoms with Crippen LogP contribution >= 0.6 is 11.6 Å². The van der Waals surface area contributed by atoms with Gasteiger partial charge in [-0.2, -0.15) is 0 Å². The van der Waals surface area contributed by atoms with E-state index < -0.39 is 0 Å². The maximum atomic E-state index is 5.79. The first kappa shape index (κ1) is 13.4. The summed E-state index contributed by atoms with van der Waals surface area (Å²) in [5.41, 5.74) is 0. The Bertz CT molecular complexity index is 269. The van der Waals surface area contributed by atoms with Gasteiger partial charge in [0.25, 0.3) is 0 Å². The highest BCUT2D eigenvalue weighted by molar-refractivity contribution is 6.30. The second kappa shape index (κ2) is 8.46. The molecule has 0 aliphatic rings. The van der Waals surface area contributed by atoms with Crippen molar-refractivity contribution in [3.05, 3.63) is 29.3 Å². The van der Waals surface area contributed by atoms with Crippen molar-refractivity contribution in [3.8, 4) is 5.75 Å². The summed E-state index contributed by atoms with van der Waals surface area (Å²) in [6.45, 7) is 3.05. The number of halogens is 1. The molecule has 0 aliphatic heterocycles. The van der Waals surface area contributed by atoms with Crippen LogP contribution < -0.4 is 4.74 Å². The third kappa shape index (κ3) is 6.02. The number of unbranched alkanes of at least 4 members (excludes halogenated alkanes) is 5. The monoisotopic (exact) mass is 240 g/mol. The van der Waals surface area contributed by atoms with E-state index in [0.717, 1.165) is 23.8 Å². The summed E-state index contributed by atoms with van der Waals surface area (Å²) in [5.74, 6) is 0.915. The van der Waals surface area contributed by atoms with Crippen LogP contribution in [-0.2, 0) is 0 Å². The van der Waals surface area contributed by atoms with Gasteiger partial charge in [0.1, 0.15) is 5.75 Å². The van der Waals surface area contributed by atoms with Gasteiger partial charge in [-0.05, 0) is 30.7 Å². The normalized spacial score (nSPS) is 10.4. The summed E-state index contributed by atoms with van der Waals surface area (Å²) >= 11 is 5.79. The molecule has 0 amide bonds. The molecule has 90 valence electrons. The number of hydrogen-bond acceptors (Lipinski definition) is 1. The molecular weight excluding hydrogens is 220 g/mol. The minimum atomic E-state index is 0.756. The summed E-state index contributed by atoms with van der Waals surface area (Å²) in [4.78, 5) is 0. The lowest BCUT2D eigenvalue weighted by Gasteiger charge is -2.05. The van der Waals surface area contributed by atoms with E-state index >= 15 is 0 Å². The Morgan fingerprint density at radius 1 is 0.938 bits per heavy atom. The summed E-state index contributed by atoms with van der Waals surface area (Å²) in [6.07, 6.45) is 7.77. The number of benzene rings is 1. The van der Waals surface area contributed by atoms with Gasteiger partial charge in [-0.3, -0.25) is 0 Å². The molecule has 1 aromatic rings. The van der Waals surface area contributed by atoms with E-state index in [-0.39, 0.29) is 0 Å². The van der Waals surface area contributed by atoms with Crippen LogP contribution in [-0.4, -0.2) is 6.61 Å². The molecule has 2 heteroatoms. The Kier molecular flexibility index (Phi) is 7.07. The van der Waals surface area contributed by atoms with Gasteiger partial charge in [0.2, 0.25) is 0 Å². The van der Waals surface area contributed by atoms with E-state index in [4.69, 9.17) is 16.3 Å². The molecule has 0 aromatic heterocycles. The third-order valence-corrected chi connectivity index (χ3v) is 2.83. The van der Waals surface area contributed by atoms with Crippen molar-refractivity contribution in [3.63, 3.8) is 0 Å². The van der Waals surface area contributed by atoms with Gasteiger partial charge in [0.05, 0.1) is 6.61 Å². The summed E-state index contributed by atoms with van der Waals surface area (Å²) in [6, 6.07) is 7.55. The topological polar surface area (TPSA) is 9.23 Å². The van der Waals surface area contributed by atoms with Gasteiger partial charge in [0.15, 0.2) is 0 Å². The molecule has 1 nitrogen and oxygen atoms in total. The average Bonchev–Trinajstić information content (AvgIpc) is 2.30. The molecule has 0 spiro atoms. The maximum absolute atomic E-state index is 5.79. The SMILES string of the molecule is CCCCCCCCOc1ccc(Cl)cc1. The van der Waals surface area contributed by atoms with E-state index in [1.165, 1.54) is 32.1 Å². The Labute approximate surface area is 104 Å². The second-order valence-corrected chi connectivity index (χ2v) is 4.51. The standard InChI is InChI=1S/C14H21ClO/c1-2-3-4-5-6-7-12-16-14-10-8-13(15)9-11-14/h8-11H,2-7,12H2,1H3. The first-order valence-corrected chi connectivity index (χ1v) is 6.59. The highest BCUT2D eigenvalue weighted by atomic mass is 35.5. The summed E-state index contributed by atoms with van der Waals surface area (Å²) in [7, 11) is 0. The van der Waals surface area contributed by atoms with Gasteiger partial charge in [0, 0.05) is 5.02 Å². The quantitative estimate of drug-likeness (QED) is 0.576. The highest BCUT2D eigenvalue weighted by Crippen LogP contribution is 2.16. The zero-order valence-electron chi connectivity index (χ0n) is 10.0. The molecule has 1 aromatic carbocycles. The second-order valence-electron chi connectivity index (χ2n) is 4.07. The van der Waals surface area contributed by atoms with Crippen LogP contribution in [0.4, 0.5) is 0 Å². The van der Waals surface area contributed by atoms with E-state index in [0.29, 0.717) is 0 Å². The van der Waals surface area contributed by atoms with Crippen LogP contribution in [0.2, 0.25) is 5.02 Å². The molecule has 0 radical (unpaired) electrons. The predicted molar refractivity (Wildman–Crippen MR) is 70.3 cm³/mol. The zero-order chi connectivity index (χ0) is 11.6. The Morgan fingerprint density at radius 2 is 1.56 bits per heavy atom. The number of ether oxygens (including phenoxy) is 1. The Morgan fingerprint density at radius 3 is 2.25 bits per heavy atom. The molecule has 0 saturated heterocycles. The van der Waals surface area contributed by atoms with Crippen molar-refractivity contribution in [2.24, 2.45) is 0 Å². The molecule has 0 N–H and O–H groups in total. The molecule has 1 rings (SSSR count). The van der Waals surface area contributed by atoms with Crippen LogP contribution in [0.25, 0.3) is 0 Å². The molecule has 16 heavy (non-hydrogen) atoms. The molecule has 0 unspecified atom stereocenters. The minimum Gasteiger partial charge on any atom is -0.494 e. The zero-order valence-corrected chi connectivity index (χ0v) is 10.8. The molecule has 0 heterocycles. The largest absolute Gasteiger partial charge is 0.494 e. The van der Waals surface area contributed by atoms with Gasteiger partial charge < -0.3 is 4.74 Å². The molecular formula is C14H21ClO. The van der Waals surface area contributed by atoms with Gasteiger partial charge in [-0.1, -0.05) is 50.6 Å². The van der Waals surface area contributed by atoms with Crippen LogP contribution in [0.3, 0.4) is 0 Å². The summed E-state index contributed by atoms with van der Waals surface area (Å²) < 4.78 is 5.61. The van der Waals surface area contributed by atoms with E-state index in [9.17, 15) is 0 Å².